The van der Waals surface area contributed by atoms with Gasteiger partial charge in [0, 0.05) is 65.6 Å². The standard InChI is InChI=1S/C43H52O2SSi2.I2/c1-33-39-29-43(30-40(39)34(2)46-33,31-44-47(41(3,4)5,35-21-13-9-14-22-35)36-23-15-10-16-24-36)32-45-48(42(6,7)8,37-25-17-11-18-26-37)38-27-19-12-20-28-38;1-2/h9-28H,29-32H2,1-8H3;. The summed E-state index contributed by atoms with van der Waals surface area (Å²) < 4.78 is 15.5. The molecular formula is C43H52I2O2SSi2. The fourth-order valence-electron chi connectivity index (χ4n) is 8.34. The maximum absolute atomic E-state index is 7.77. The highest BCUT2D eigenvalue weighted by molar-refractivity contribution is 15.0. The zero-order valence-electron chi connectivity index (χ0n) is 30.9. The molecule has 0 saturated heterocycles. The highest BCUT2D eigenvalue weighted by Crippen LogP contribution is 2.47. The first-order valence-corrected chi connectivity index (χ1v) is 28.5. The lowest BCUT2D eigenvalue weighted by Gasteiger charge is -2.47. The van der Waals surface area contributed by atoms with Crippen LogP contribution >= 0.6 is 48.6 Å². The van der Waals surface area contributed by atoms with Gasteiger partial charge in [-0.15, -0.1) is 11.3 Å². The van der Waals surface area contributed by atoms with Crippen LogP contribution in [0.2, 0.25) is 10.1 Å². The van der Waals surface area contributed by atoms with Crippen LogP contribution < -0.4 is 20.7 Å². The third-order valence-corrected chi connectivity index (χ3v) is 21.7. The quantitative estimate of drug-likeness (QED) is 0.103. The highest BCUT2D eigenvalue weighted by Gasteiger charge is 2.55. The van der Waals surface area contributed by atoms with Crippen molar-refractivity contribution >= 4 is 86.0 Å². The first-order valence-electron chi connectivity index (χ1n) is 17.6. The number of aryl methyl sites for hydroxylation is 2. The monoisotopic (exact) mass is 942 g/mol. The maximum atomic E-state index is 7.77. The van der Waals surface area contributed by atoms with Gasteiger partial charge in [-0.3, -0.25) is 0 Å². The number of hydrogen-bond donors (Lipinski definition) is 0. The summed E-state index contributed by atoms with van der Waals surface area (Å²) in [5.74, 6) is 0. The van der Waals surface area contributed by atoms with Gasteiger partial charge in [-0.1, -0.05) is 163 Å². The van der Waals surface area contributed by atoms with Crippen LogP contribution in [0.4, 0.5) is 0 Å². The second-order valence-corrected chi connectivity index (χ2v) is 26.0. The minimum Gasteiger partial charge on any atom is -0.407 e. The Bertz CT molecular complexity index is 1600. The minimum absolute atomic E-state index is 0.0928. The Hall–Kier alpha value is -1.61. The predicted octanol–water partition coefficient (Wildman–Crippen LogP) is 10.4. The van der Waals surface area contributed by atoms with Gasteiger partial charge in [0.05, 0.1) is 0 Å². The molecule has 1 aliphatic rings. The molecule has 4 aromatic carbocycles. The van der Waals surface area contributed by atoms with E-state index in [1.54, 1.807) is 0 Å². The molecule has 0 atom stereocenters. The van der Waals surface area contributed by atoms with Crippen LogP contribution in [0.25, 0.3) is 0 Å². The van der Waals surface area contributed by atoms with Crippen molar-refractivity contribution in [2.75, 3.05) is 13.2 Å². The van der Waals surface area contributed by atoms with Gasteiger partial charge in [0.2, 0.25) is 0 Å². The molecule has 1 aromatic heterocycles. The van der Waals surface area contributed by atoms with Crippen LogP contribution in [0.15, 0.2) is 121 Å². The van der Waals surface area contributed by atoms with Crippen LogP contribution in [0.5, 0.6) is 0 Å². The van der Waals surface area contributed by atoms with E-state index in [4.69, 9.17) is 8.85 Å². The second-order valence-electron chi connectivity index (χ2n) is 15.9. The fourth-order valence-corrected chi connectivity index (χ4v) is 18.8. The van der Waals surface area contributed by atoms with Crippen molar-refractivity contribution in [3.63, 3.8) is 0 Å². The van der Waals surface area contributed by atoms with Crippen LogP contribution in [0.1, 0.15) is 62.4 Å². The summed E-state index contributed by atoms with van der Waals surface area (Å²) in [6.07, 6.45) is 1.96. The lowest BCUT2D eigenvalue weighted by Crippen LogP contribution is -2.68. The molecule has 264 valence electrons. The maximum Gasteiger partial charge on any atom is 0.261 e. The molecule has 0 radical (unpaired) electrons. The molecule has 7 heteroatoms. The number of halogens is 2. The summed E-state index contributed by atoms with van der Waals surface area (Å²) >= 11 is 6.19. The molecule has 0 fully saturated rings. The molecule has 0 saturated carbocycles. The third-order valence-electron chi connectivity index (χ3n) is 10.6. The SMILES string of the molecule is Cc1sc(C)c2c1CC(CO[Si](c1ccccc1)(c1ccccc1)C(C)(C)C)(CO[Si](c1ccccc1)(c1ccccc1)C(C)(C)C)C2.II. The minimum atomic E-state index is -2.76. The average Bonchev–Trinajstić information content (AvgIpc) is 3.62. The van der Waals surface area contributed by atoms with Crippen LogP contribution in [-0.4, -0.2) is 29.8 Å². The zero-order chi connectivity index (χ0) is 36.2. The van der Waals surface area contributed by atoms with E-state index >= 15 is 0 Å². The van der Waals surface area contributed by atoms with Gasteiger partial charge >= 0.3 is 0 Å². The van der Waals surface area contributed by atoms with E-state index < -0.39 is 16.6 Å². The van der Waals surface area contributed by atoms with Crippen molar-refractivity contribution in [3.8, 4) is 0 Å². The first-order chi connectivity index (χ1) is 23.8. The van der Waals surface area contributed by atoms with Crippen molar-refractivity contribution in [1.82, 2.24) is 0 Å². The Morgan fingerprint density at radius 2 is 0.780 bits per heavy atom. The average molecular weight is 943 g/mol. The van der Waals surface area contributed by atoms with Gasteiger partial charge in [-0.2, -0.15) is 0 Å². The number of fused-ring (bicyclic) bond motifs is 1. The topological polar surface area (TPSA) is 18.5 Å². The van der Waals surface area contributed by atoms with E-state index in [0.29, 0.717) is 13.2 Å². The van der Waals surface area contributed by atoms with E-state index in [1.165, 1.54) is 41.6 Å². The summed E-state index contributed by atoms with van der Waals surface area (Å²) in [4.78, 5) is 2.89. The van der Waals surface area contributed by atoms with Crippen molar-refractivity contribution in [3.05, 3.63) is 142 Å². The largest absolute Gasteiger partial charge is 0.407 e. The van der Waals surface area contributed by atoms with Crippen LogP contribution in [0.3, 0.4) is 0 Å². The lowest BCUT2D eigenvalue weighted by atomic mass is 9.86. The van der Waals surface area contributed by atoms with E-state index in [1.807, 2.05) is 11.3 Å². The van der Waals surface area contributed by atoms with E-state index in [2.05, 4.69) is 214 Å². The van der Waals surface area contributed by atoms with E-state index in [0.717, 1.165) is 12.8 Å². The van der Waals surface area contributed by atoms with Gasteiger partial charge in [0.1, 0.15) is 0 Å². The number of rotatable bonds is 10. The Balaban J connectivity index is 0.00000239. The van der Waals surface area contributed by atoms with Crippen molar-refractivity contribution in [2.45, 2.75) is 78.3 Å². The molecule has 5 aromatic rings. The molecule has 50 heavy (non-hydrogen) atoms. The van der Waals surface area contributed by atoms with Gasteiger partial charge in [-0.25, -0.2) is 0 Å². The van der Waals surface area contributed by atoms with Crippen molar-refractivity contribution in [1.29, 1.82) is 0 Å². The smallest absolute Gasteiger partial charge is 0.261 e. The third kappa shape index (κ3) is 7.57. The summed E-state index contributed by atoms with van der Waals surface area (Å²) in [5, 5.41) is 5.12. The normalized spacial score (nSPS) is 14.5. The van der Waals surface area contributed by atoms with E-state index in [-0.39, 0.29) is 15.5 Å². The Labute approximate surface area is 331 Å². The Morgan fingerprint density at radius 1 is 0.520 bits per heavy atom. The van der Waals surface area contributed by atoms with Gasteiger partial charge in [0.15, 0.2) is 0 Å². The van der Waals surface area contributed by atoms with Crippen LogP contribution in [0, 0.1) is 19.3 Å². The number of benzene rings is 4. The molecule has 1 aliphatic carbocycles. The van der Waals surface area contributed by atoms with Crippen molar-refractivity contribution in [2.24, 2.45) is 5.41 Å². The zero-order valence-corrected chi connectivity index (χ0v) is 38.0. The molecule has 0 N–H and O–H groups in total. The summed E-state index contributed by atoms with van der Waals surface area (Å²) in [6.45, 7) is 20.2. The molecule has 0 spiro atoms. The number of thiophene rings is 1. The summed E-state index contributed by atoms with van der Waals surface area (Å²) in [5.41, 5.74) is 2.86. The van der Waals surface area contributed by atoms with Gasteiger partial charge < -0.3 is 8.85 Å². The summed E-state index contributed by atoms with van der Waals surface area (Å²) in [6, 6.07) is 44.3. The molecule has 0 amide bonds. The lowest BCUT2D eigenvalue weighted by molar-refractivity contribution is 0.0771. The fraction of sp³-hybridized carbons (Fsp3) is 0.349. The molecule has 2 nitrogen and oxygen atoms in total. The molecule has 0 bridgehead atoms. The predicted molar refractivity (Wildman–Crippen MR) is 239 cm³/mol. The molecule has 0 unspecified atom stereocenters. The second kappa shape index (κ2) is 16.2. The van der Waals surface area contributed by atoms with E-state index in [9.17, 15) is 0 Å². The Kier molecular flexibility index (Phi) is 12.8. The molecule has 6 rings (SSSR count). The molecular weight excluding hydrogens is 891 g/mol. The van der Waals surface area contributed by atoms with Gasteiger partial charge in [-0.05, 0) is 68.6 Å². The molecule has 1 heterocycles. The van der Waals surface area contributed by atoms with Crippen LogP contribution in [-0.2, 0) is 21.7 Å². The first kappa shape index (κ1) is 39.6. The molecule has 0 aliphatic heterocycles. The highest BCUT2D eigenvalue weighted by atomic mass is 128. The van der Waals surface area contributed by atoms with Crippen molar-refractivity contribution < 1.29 is 8.85 Å². The van der Waals surface area contributed by atoms with Gasteiger partial charge in [0.25, 0.3) is 16.6 Å². The number of hydrogen-bond acceptors (Lipinski definition) is 3. The summed E-state index contributed by atoms with van der Waals surface area (Å²) in [7, 11) is -5.51. The Morgan fingerprint density at radius 3 is 1.02 bits per heavy atom.